The molecule has 25 heavy (non-hydrogen) atoms. The fraction of sp³-hybridized carbons (Fsp3) is 0.444. The first-order valence-corrected chi connectivity index (χ1v) is 8.81. The van der Waals surface area contributed by atoms with E-state index in [1.807, 2.05) is 6.92 Å². The Hall–Kier alpha value is -2.08. The fourth-order valence-electron chi connectivity index (χ4n) is 2.57. The van der Waals surface area contributed by atoms with Gasteiger partial charge in [0.1, 0.15) is 11.6 Å². The van der Waals surface area contributed by atoms with E-state index in [0.717, 1.165) is 35.4 Å². The van der Waals surface area contributed by atoms with Gasteiger partial charge < -0.3 is 15.2 Å². The molecule has 0 bridgehead atoms. The molecule has 0 radical (unpaired) electrons. The molecular weight excluding hydrogens is 343 g/mol. The van der Waals surface area contributed by atoms with Crippen molar-refractivity contribution in [1.29, 1.82) is 0 Å². The van der Waals surface area contributed by atoms with E-state index in [9.17, 15) is 4.39 Å². The Labute approximate surface area is 152 Å². The molecule has 0 saturated heterocycles. The zero-order valence-electron chi connectivity index (χ0n) is 14.8. The summed E-state index contributed by atoms with van der Waals surface area (Å²) in [6, 6.07) is 4.45. The van der Waals surface area contributed by atoms with Gasteiger partial charge in [-0.25, -0.2) is 4.39 Å². The molecule has 0 aliphatic rings. The van der Waals surface area contributed by atoms with Gasteiger partial charge in [0.2, 0.25) is 0 Å². The number of aromatic nitrogens is 1. The zero-order valence-corrected chi connectivity index (χ0v) is 15.6. The summed E-state index contributed by atoms with van der Waals surface area (Å²) in [7, 11) is 1.72. The van der Waals surface area contributed by atoms with Crippen LogP contribution in [0.4, 0.5) is 4.39 Å². The maximum atomic E-state index is 13.1. The van der Waals surface area contributed by atoms with Gasteiger partial charge in [0.05, 0.1) is 5.69 Å². The highest BCUT2D eigenvalue weighted by molar-refractivity contribution is 6.31. The van der Waals surface area contributed by atoms with Gasteiger partial charge in [-0.15, -0.1) is 0 Å². The van der Waals surface area contributed by atoms with Crippen molar-refractivity contribution in [3.63, 3.8) is 0 Å². The van der Waals surface area contributed by atoms with E-state index in [4.69, 9.17) is 16.1 Å². The monoisotopic (exact) mass is 366 g/mol. The summed E-state index contributed by atoms with van der Waals surface area (Å²) in [6.45, 7) is 5.34. The Bertz CT molecular complexity index is 708. The summed E-state index contributed by atoms with van der Waals surface area (Å²) in [5, 5.41) is 11.1. The normalized spacial score (nSPS) is 11.6. The molecule has 0 fully saturated rings. The van der Waals surface area contributed by atoms with Crippen molar-refractivity contribution in [2.45, 2.75) is 39.7 Å². The van der Waals surface area contributed by atoms with Gasteiger partial charge in [-0.05, 0) is 30.5 Å². The van der Waals surface area contributed by atoms with Crippen LogP contribution >= 0.6 is 11.6 Å². The average molecular weight is 367 g/mol. The van der Waals surface area contributed by atoms with Crippen molar-refractivity contribution in [3.05, 3.63) is 51.6 Å². The van der Waals surface area contributed by atoms with Crippen LogP contribution in [0.25, 0.3) is 0 Å². The Balaban J connectivity index is 1.88. The third kappa shape index (κ3) is 5.19. The van der Waals surface area contributed by atoms with E-state index in [1.54, 1.807) is 13.1 Å². The van der Waals surface area contributed by atoms with E-state index in [-0.39, 0.29) is 5.82 Å². The zero-order chi connectivity index (χ0) is 18.2. The summed E-state index contributed by atoms with van der Waals surface area (Å²) in [6.07, 6.45) is 2.31. The predicted molar refractivity (Wildman–Crippen MR) is 98.6 cm³/mol. The van der Waals surface area contributed by atoms with Crippen LogP contribution in [0.2, 0.25) is 5.02 Å². The number of benzene rings is 1. The molecule has 136 valence electrons. The summed E-state index contributed by atoms with van der Waals surface area (Å²) < 4.78 is 18.4. The molecule has 0 amide bonds. The van der Waals surface area contributed by atoms with Crippen LogP contribution < -0.4 is 10.6 Å². The first-order chi connectivity index (χ1) is 12.1. The van der Waals surface area contributed by atoms with Crippen LogP contribution in [0.3, 0.4) is 0 Å². The van der Waals surface area contributed by atoms with Gasteiger partial charge in [0, 0.05) is 37.1 Å². The number of aryl methyl sites for hydroxylation is 2. The van der Waals surface area contributed by atoms with Gasteiger partial charge in [-0.3, -0.25) is 4.99 Å². The third-order valence-electron chi connectivity index (χ3n) is 3.97. The minimum atomic E-state index is -0.327. The molecule has 1 heterocycles. The molecule has 1 aromatic carbocycles. The maximum absolute atomic E-state index is 13.1. The van der Waals surface area contributed by atoms with Gasteiger partial charge in [-0.1, -0.05) is 36.7 Å². The number of aliphatic imine (C=N–C) groups is 1. The summed E-state index contributed by atoms with van der Waals surface area (Å²) in [5.74, 6) is 1.26. The van der Waals surface area contributed by atoms with Gasteiger partial charge in [0.15, 0.2) is 5.96 Å². The SMILES string of the molecule is CCc1noc(CC)c1CNC(=NC)NCCc1ccc(F)cc1Cl. The standard InChI is InChI=1S/C18H24ClFN4O/c1-4-16-14(17(5-2)25-24-16)11-23-18(21-3)22-9-8-12-6-7-13(20)10-15(12)19/h6-7,10H,4-5,8-9,11H2,1-3H3,(H2,21,22,23). The number of rotatable bonds is 7. The minimum Gasteiger partial charge on any atom is -0.361 e. The largest absolute Gasteiger partial charge is 0.361 e. The van der Waals surface area contributed by atoms with Crippen molar-refractivity contribution >= 4 is 17.6 Å². The highest BCUT2D eigenvalue weighted by Gasteiger charge is 2.13. The first-order valence-electron chi connectivity index (χ1n) is 8.43. The van der Waals surface area contributed by atoms with Crippen LogP contribution in [0.5, 0.6) is 0 Å². The van der Waals surface area contributed by atoms with E-state index >= 15 is 0 Å². The molecule has 2 rings (SSSR count). The van der Waals surface area contributed by atoms with Crippen molar-refractivity contribution in [2.24, 2.45) is 4.99 Å². The minimum absolute atomic E-state index is 0.327. The molecule has 0 aliphatic carbocycles. The molecular formula is C18H24ClFN4O. The third-order valence-corrected chi connectivity index (χ3v) is 4.32. The van der Waals surface area contributed by atoms with Gasteiger partial charge in [0.25, 0.3) is 0 Å². The van der Waals surface area contributed by atoms with Crippen molar-refractivity contribution in [2.75, 3.05) is 13.6 Å². The lowest BCUT2D eigenvalue weighted by atomic mass is 10.1. The second kappa shape index (κ2) is 9.42. The van der Waals surface area contributed by atoms with Crippen LogP contribution in [-0.4, -0.2) is 24.7 Å². The first kappa shape index (κ1) is 19.2. The predicted octanol–water partition coefficient (Wildman–Crippen LogP) is 3.50. The van der Waals surface area contributed by atoms with Crippen molar-refractivity contribution in [1.82, 2.24) is 15.8 Å². The molecule has 5 nitrogen and oxygen atoms in total. The topological polar surface area (TPSA) is 62.5 Å². The number of halogens is 2. The van der Waals surface area contributed by atoms with Crippen LogP contribution in [0, 0.1) is 5.82 Å². The maximum Gasteiger partial charge on any atom is 0.191 e. The summed E-state index contributed by atoms with van der Waals surface area (Å²) >= 11 is 6.04. The second-order valence-corrected chi connectivity index (χ2v) is 5.98. The Morgan fingerprint density at radius 3 is 2.72 bits per heavy atom. The average Bonchev–Trinajstić information content (AvgIpc) is 3.01. The summed E-state index contributed by atoms with van der Waals surface area (Å²) in [4.78, 5) is 4.22. The second-order valence-electron chi connectivity index (χ2n) is 5.58. The van der Waals surface area contributed by atoms with Crippen molar-refractivity contribution < 1.29 is 8.91 Å². The molecule has 2 N–H and O–H groups in total. The van der Waals surface area contributed by atoms with E-state index in [2.05, 4.69) is 27.7 Å². The molecule has 0 saturated carbocycles. The van der Waals surface area contributed by atoms with E-state index in [0.29, 0.717) is 30.5 Å². The van der Waals surface area contributed by atoms with E-state index < -0.39 is 0 Å². The van der Waals surface area contributed by atoms with Crippen molar-refractivity contribution in [3.8, 4) is 0 Å². The van der Waals surface area contributed by atoms with E-state index in [1.165, 1.54) is 12.1 Å². The van der Waals surface area contributed by atoms with Gasteiger partial charge in [-0.2, -0.15) is 0 Å². The smallest absolute Gasteiger partial charge is 0.191 e. The lowest BCUT2D eigenvalue weighted by Crippen LogP contribution is -2.38. The highest BCUT2D eigenvalue weighted by Crippen LogP contribution is 2.17. The Morgan fingerprint density at radius 1 is 1.28 bits per heavy atom. The number of nitrogens with zero attached hydrogens (tertiary/aromatic N) is 2. The lowest BCUT2D eigenvalue weighted by Gasteiger charge is -2.12. The summed E-state index contributed by atoms with van der Waals surface area (Å²) in [5.41, 5.74) is 2.96. The van der Waals surface area contributed by atoms with Gasteiger partial charge >= 0.3 is 0 Å². The molecule has 0 aliphatic heterocycles. The molecule has 1 aromatic heterocycles. The quantitative estimate of drug-likeness (QED) is 0.581. The Kier molecular flexibility index (Phi) is 7.25. The number of guanidine groups is 1. The molecule has 2 aromatic rings. The Morgan fingerprint density at radius 2 is 2.08 bits per heavy atom. The molecule has 7 heteroatoms. The molecule has 0 atom stereocenters. The highest BCUT2D eigenvalue weighted by atomic mass is 35.5. The number of hydrogen-bond donors (Lipinski definition) is 2. The number of hydrogen-bond acceptors (Lipinski definition) is 3. The molecule has 0 unspecified atom stereocenters. The lowest BCUT2D eigenvalue weighted by molar-refractivity contribution is 0.380. The molecule has 0 spiro atoms. The number of nitrogens with one attached hydrogen (secondary N) is 2. The van der Waals surface area contributed by atoms with Crippen LogP contribution in [-0.2, 0) is 25.8 Å². The van der Waals surface area contributed by atoms with Crippen LogP contribution in [0.15, 0.2) is 27.7 Å². The fourth-order valence-corrected chi connectivity index (χ4v) is 2.83. The van der Waals surface area contributed by atoms with Crippen LogP contribution in [0.1, 0.15) is 36.4 Å².